The number of carbonyl (C=O) groups excluding carboxylic acids is 1. The minimum absolute atomic E-state index is 0.121. The van der Waals surface area contributed by atoms with Crippen LogP contribution < -0.4 is 10.2 Å². The Bertz CT molecular complexity index is 1080. The zero-order valence-corrected chi connectivity index (χ0v) is 17.9. The van der Waals surface area contributed by atoms with Crippen LogP contribution in [0.25, 0.3) is 17.2 Å². The quantitative estimate of drug-likeness (QED) is 0.630. The average Bonchev–Trinajstić information content (AvgIpc) is 3.37. The number of rotatable bonds is 7. The number of nitrogens with zero attached hydrogens (tertiary/aromatic N) is 6. The number of aromatic nitrogens is 4. The highest BCUT2D eigenvalue weighted by atomic mass is 16.5. The summed E-state index contributed by atoms with van der Waals surface area (Å²) in [6.45, 7) is 7.99. The first-order valence-corrected chi connectivity index (χ1v) is 11.0. The van der Waals surface area contributed by atoms with Crippen LogP contribution in [0.1, 0.15) is 44.2 Å². The van der Waals surface area contributed by atoms with E-state index in [-0.39, 0.29) is 6.03 Å². The predicted octanol–water partition coefficient (Wildman–Crippen LogP) is 3.17. The molecule has 2 aliphatic rings. The highest BCUT2D eigenvalue weighted by molar-refractivity contribution is 5.95. The summed E-state index contributed by atoms with van der Waals surface area (Å²) in [5, 5.41) is 7.22. The number of fused-ring (bicyclic) bond motifs is 3. The van der Waals surface area contributed by atoms with E-state index in [1.807, 2.05) is 28.8 Å². The van der Waals surface area contributed by atoms with Crippen molar-refractivity contribution in [1.82, 2.24) is 29.9 Å². The Morgan fingerprint density at radius 3 is 2.74 bits per heavy atom. The van der Waals surface area contributed by atoms with E-state index in [0.717, 1.165) is 49.5 Å². The Morgan fingerprint density at radius 1 is 1.23 bits per heavy atom. The zero-order chi connectivity index (χ0) is 21.4. The molecule has 1 saturated carbocycles. The Kier molecular flexibility index (Phi) is 5.19. The van der Waals surface area contributed by atoms with E-state index >= 15 is 0 Å². The van der Waals surface area contributed by atoms with Crippen molar-refractivity contribution in [2.45, 2.75) is 39.2 Å². The van der Waals surface area contributed by atoms with Gasteiger partial charge in [-0.2, -0.15) is 4.98 Å². The van der Waals surface area contributed by atoms with Crippen LogP contribution in [0.2, 0.25) is 0 Å². The number of anilines is 1. The third-order valence-electron chi connectivity index (χ3n) is 6.03. The lowest BCUT2D eigenvalue weighted by Gasteiger charge is -2.31. The zero-order valence-electron chi connectivity index (χ0n) is 17.9. The van der Waals surface area contributed by atoms with Gasteiger partial charge in [0.25, 0.3) is 0 Å². The van der Waals surface area contributed by atoms with Crippen molar-refractivity contribution in [3.8, 4) is 17.2 Å². The number of urea groups is 1. The molecule has 0 saturated heterocycles. The van der Waals surface area contributed by atoms with Gasteiger partial charge in [-0.3, -0.25) is 9.47 Å². The number of amides is 2. The maximum absolute atomic E-state index is 13.1. The molecule has 2 amide bonds. The molecule has 3 aromatic rings. The van der Waals surface area contributed by atoms with E-state index in [1.54, 1.807) is 11.2 Å². The molecule has 2 aromatic heterocycles. The van der Waals surface area contributed by atoms with Crippen molar-refractivity contribution >= 4 is 11.7 Å². The first kappa shape index (κ1) is 19.7. The van der Waals surface area contributed by atoms with Crippen LogP contribution in [-0.2, 0) is 6.54 Å². The van der Waals surface area contributed by atoms with Gasteiger partial charge in [0.2, 0.25) is 11.7 Å². The predicted molar refractivity (Wildman–Crippen MR) is 116 cm³/mol. The van der Waals surface area contributed by atoms with Gasteiger partial charge >= 0.3 is 6.03 Å². The molecule has 5 rings (SSSR count). The van der Waals surface area contributed by atoms with Crippen molar-refractivity contribution in [2.24, 2.45) is 0 Å². The molecule has 31 heavy (non-hydrogen) atoms. The smallest absolute Gasteiger partial charge is 0.322 e. The minimum atomic E-state index is -0.121. The summed E-state index contributed by atoms with van der Waals surface area (Å²) in [6, 6.07) is 7.74. The van der Waals surface area contributed by atoms with E-state index in [9.17, 15) is 4.79 Å². The fraction of sp³-hybridized carbons (Fsp3) is 0.455. The number of likely N-dealkylation sites (N-methyl/N-ethyl adjacent to an activating group) is 1. The molecule has 1 aromatic carbocycles. The number of nitrogens with one attached hydrogen (secondary N) is 1. The summed E-state index contributed by atoms with van der Waals surface area (Å²) >= 11 is 0. The molecule has 0 radical (unpaired) electrons. The first-order chi connectivity index (χ1) is 15.2. The largest absolute Gasteiger partial charge is 0.339 e. The number of benzene rings is 1. The number of hydrogen-bond donors (Lipinski definition) is 1. The van der Waals surface area contributed by atoms with Gasteiger partial charge in [0.15, 0.2) is 0 Å². The lowest BCUT2D eigenvalue weighted by Crippen LogP contribution is -2.44. The Balaban J connectivity index is 1.41. The molecular formula is C22H27N7O2. The third-order valence-corrected chi connectivity index (χ3v) is 6.03. The van der Waals surface area contributed by atoms with E-state index in [1.165, 1.54) is 0 Å². The van der Waals surface area contributed by atoms with Gasteiger partial charge in [-0.1, -0.05) is 31.1 Å². The number of carbonyl (C=O) groups is 1. The van der Waals surface area contributed by atoms with Crippen molar-refractivity contribution < 1.29 is 9.32 Å². The molecule has 0 spiro atoms. The molecule has 1 N–H and O–H groups in total. The maximum Gasteiger partial charge on any atom is 0.322 e. The van der Waals surface area contributed by atoms with Crippen LogP contribution in [0, 0.1) is 0 Å². The second-order valence-electron chi connectivity index (χ2n) is 7.97. The van der Waals surface area contributed by atoms with Gasteiger partial charge < -0.3 is 14.7 Å². The van der Waals surface area contributed by atoms with E-state index in [0.29, 0.717) is 36.4 Å². The van der Waals surface area contributed by atoms with Crippen molar-refractivity contribution in [3.63, 3.8) is 0 Å². The molecule has 9 heteroatoms. The van der Waals surface area contributed by atoms with Gasteiger partial charge in [0, 0.05) is 19.0 Å². The molecule has 1 aliphatic carbocycles. The summed E-state index contributed by atoms with van der Waals surface area (Å²) in [5.74, 6) is 1.55. The van der Waals surface area contributed by atoms with Gasteiger partial charge in [-0.05, 0) is 38.1 Å². The monoisotopic (exact) mass is 421 g/mol. The van der Waals surface area contributed by atoms with Crippen molar-refractivity contribution in [2.75, 3.05) is 31.1 Å². The van der Waals surface area contributed by atoms with Crippen LogP contribution in [0.15, 0.2) is 35.1 Å². The summed E-state index contributed by atoms with van der Waals surface area (Å²) in [4.78, 5) is 26.3. The molecule has 3 heterocycles. The first-order valence-electron chi connectivity index (χ1n) is 11.0. The number of para-hydroxylation sites is 2. The molecule has 0 atom stereocenters. The van der Waals surface area contributed by atoms with Crippen molar-refractivity contribution in [1.29, 1.82) is 0 Å². The summed E-state index contributed by atoms with van der Waals surface area (Å²) < 4.78 is 7.45. The highest BCUT2D eigenvalue weighted by Crippen LogP contribution is 2.40. The molecule has 1 aliphatic heterocycles. The number of hydrogen-bond acceptors (Lipinski definition) is 6. The molecule has 9 nitrogen and oxygen atoms in total. The topological polar surface area (TPSA) is 92.3 Å². The average molecular weight is 422 g/mol. The molecular weight excluding hydrogens is 394 g/mol. The molecule has 0 unspecified atom stereocenters. The Hall–Kier alpha value is -3.20. The second-order valence-corrected chi connectivity index (χ2v) is 7.97. The third kappa shape index (κ3) is 3.69. The van der Waals surface area contributed by atoms with Crippen LogP contribution >= 0.6 is 0 Å². The molecule has 1 fully saturated rings. The summed E-state index contributed by atoms with van der Waals surface area (Å²) in [5.41, 5.74) is 3.30. The lowest BCUT2D eigenvalue weighted by molar-refractivity contribution is 0.241. The summed E-state index contributed by atoms with van der Waals surface area (Å²) in [6.07, 6.45) is 3.96. The lowest BCUT2D eigenvalue weighted by atomic mass is 10.1. The standard InChI is InChI=1S/C22H27N7O2/c1-3-27(4-2)12-11-23-22(30)28-13-18-19(20-25-21(31-26-20)15-9-10-15)24-14-29(18)17-8-6-5-7-16(17)28/h5-8,14-15H,3-4,9-13H2,1-2H3,(H,23,30). The van der Waals surface area contributed by atoms with Gasteiger partial charge in [0.05, 0.1) is 23.6 Å². The Labute approximate surface area is 181 Å². The van der Waals surface area contributed by atoms with Crippen molar-refractivity contribution in [3.05, 3.63) is 42.2 Å². The van der Waals surface area contributed by atoms with Crippen LogP contribution in [0.4, 0.5) is 10.5 Å². The Morgan fingerprint density at radius 2 is 2.00 bits per heavy atom. The van der Waals surface area contributed by atoms with Gasteiger partial charge in [-0.25, -0.2) is 9.78 Å². The summed E-state index contributed by atoms with van der Waals surface area (Å²) in [7, 11) is 0. The van der Waals surface area contributed by atoms with Gasteiger partial charge in [-0.15, -0.1) is 0 Å². The van der Waals surface area contributed by atoms with Crippen LogP contribution in [0.5, 0.6) is 0 Å². The molecule has 0 bridgehead atoms. The van der Waals surface area contributed by atoms with E-state index in [4.69, 9.17) is 4.52 Å². The van der Waals surface area contributed by atoms with Gasteiger partial charge in [0.1, 0.15) is 12.0 Å². The minimum Gasteiger partial charge on any atom is -0.339 e. The normalized spacial score (nSPS) is 15.1. The van der Waals surface area contributed by atoms with E-state index in [2.05, 4.69) is 39.2 Å². The highest BCUT2D eigenvalue weighted by Gasteiger charge is 2.33. The maximum atomic E-state index is 13.1. The fourth-order valence-corrected chi connectivity index (χ4v) is 4.02. The SMILES string of the molecule is CCN(CC)CCNC(=O)N1Cc2c(-c3noc(C4CC4)n3)ncn2-c2ccccc21. The van der Waals surface area contributed by atoms with E-state index < -0.39 is 0 Å². The van der Waals surface area contributed by atoms with Crippen LogP contribution in [0.3, 0.4) is 0 Å². The fourth-order valence-electron chi connectivity index (χ4n) is 4.02. The van der Waals surface area contributed by atoms with Crippen LogP contribution in [-0.4, -0.2) is 56.8 Å². The second kappa shape index (κ2) is 8.14. The number of imidazole rings is 1. The molecule has 162 valence electrons.